The van der Waals surface area contributed by atoms with Crippen LogP contribution in [0.1, 0.15) is 24.1 Å². The molecular weight excluding hydrogens is 248 g/mol. The molecule has 0 radical (unpaired) electrons. The summed E-state index contributed by atoms with van der Waals surface area (Å²) in [6.07, 6.45) is 4.06. The standard InChI is InChI=1S/C14H17F2N3/c1-10-8-19-9-11(2-3-13(19)18-10)6-17-7-12-4-14(15,16)5-12/h2-3,8-9,12,17H,4-7H2,1H3. The van der Waals surface area contributed by atoms with Crippen molar-refractivity contribution in [3.05, 3.63) is 35.8 Å². The molecule has 1 fully saturated rings. The number of nitrogens with zero attached hydrogens (tertiary/aromatic N) is 2. The molecule has 0 spiro atoms. The zero-order valence-electron chi connectivity index (χ0n) is 10.9. The van der Waals surface area contributed by atoms with Crippen LogP contribution in [0.2, 0.25) is 0 Å². The highest BCUT2D eigenvalue weighted by molar-refractivity contribution is 5.41. The molecule has 1 aliphatic carbocycles. The monoisotopic (exact) mass is 265 g/mol. The third kappa shape index (κ3) is 2.76. The van der Waals surface area contributed by atoms with Crippen molar-refractivity contribution in [2.45, 2.75) is 32.2 Å². The first kappa shape index (κ1) is 12.5. The van der Waals surface area contributed by atoms with Gasteiger partial charge in [-0.3, -0.25) is 0 Å². The lowest BCUT2D eigenvalue weighted by molar-refractivity contribution is -0.109. The Bertz CT molecular complexity index is 583. The van der Waals surface area contributed by atoms with Crippen molar-refractivity contribution >= 4 is 5.65 Å². The van der Waals surface area contributed by atoms with E-state index in [1.54, 1.807) is 0 Å². The van der Waals surface area contributed by atoms with Crippen molar-refractivity contribution in [1.29, 1.82) is 0 Å². The molecule has 0 aromatic carbocycles. The smallest absolute Gasteiger partial charge is 0.248 e. The third-order valence-corrected chi connectivity index (χ3v) is 3.57. The van der Waals surface area contributed by atoms with Gasteiger partial charge in [0, 0.05) is 31.8 Å². The maximum Gasteiger partial charge on any atom is 0.248 e. The lowest BCUT2D eigenvalue weighted by atomic mass is 9.81. The number of aromatic nitrogens is 2. The molecule has 5 heteroatoms. The second-order valence-electron chi connectivity index (χ2n) is 5.45. The van der Waals surface area contributed by atoms with Crippen LogP contribution in [-0.4, -0.2) is 21.9 Å². The van der Waals surface area contributed by atoms with Crippen LogP contribution in [-0.2, 0) is 6.54 Å². The molecule has 0 bridgehead atoms. The van der Waals surface area contributed by atoms with Crippen LogP contribution in [0.3, 0.4) is 0 Å². The van der Waals surface area contributed by atoms with Crippen molar-refractivity contribution in [1.82, 2.24) is 14.7 Å². The highest BCUT2D eigenvalue weighted by Gasteiger charge is 2.44. The first-order chi connectivity index (χ1) is 9.02. The quantitative estimate of drug-likeness (QED) is 0.921. The Morgan fingerprint density at radius 2 is 2.16 bits per heavy atom. The highest BCUT2D eigenvalue weighted by Crippen LogP contribution is 2.41. The van der Waals surface area contributed by atoms with Crippen LogP contribution in [0, 0.1) is 12.8 Å². The molecule has 2 heterocycles. The number of imidazole rings is 1. The SMILES string of the molecule is Cc1cn2cc(CNCC3CC(F)(F)C3)ccc2n1. The fourth-order valence-corrected chi connectivity index (χ4v) is 2.62. The minimum absolute atomic E-state index is 0.0275. The molecule has 0 aliphatic heterocycles. The van der Waals surface area contributed by atoms with E-state index in [4.69, 9.17) is 0 Å². The average molecular weight is 265 g/mol. The van der Waals surface area contributed by atoms with Gasteiger partial charge in [0.05, 0.1) is 5.69 Å². The molecule has 1 aliphatic rings. The van der Waals surface area contributed by atoms with Crippen molar-refractivity contribution in [2.24, 2.45) is 5.92 Å². The highest BCUT2D eigenvalue weighted by atomic mass is 19.3. The Labute approximate surface area is 110 Å². The fraction of sp³-hybridized carbons (Fsp3) is 0.500. The van der Waals surface area contributed by atoms with Gasteiger partial charge in [-0.15, -0.1) is 0 Å². The number of alkyl halides is 2. The maximum atomic E-state index is 12.7. The predicted molar refractivity (Wildman–Crippen MR) is 69.3 cm³/mol. The van der Waals surface area contributed by atoms with E-state index in [-0.39, 0.29) is 18.8 Å². The van der Waals surface area contributed by atoms with Crippen molar-refractivity contribution in [3.8, 4) is 0 Å². The van der Waals surface area contributed by atoms with Crippen LogP contribution in [0.15, 0.2) is 24.5 Å². The maximum absolute atomic E-state index is 12.7. The minimum atomic E-state index is -2.42. The van der Waals surface area contributed by atoms with Gasteiger partial charge in [-0.05, 0) is 31.0 Å². The Morgan fingerprint density at radius 1 is 1.37 bits per heavy atom. The summed E-state index contributed by atoms with van der Waals surface area (Å²) in [7, 11) is 0. The zero-order valence-corrected chi connectivity index (χ0v) is 10.9. The Hall–Kier alpha value is -1.49. The molecule has 0 atom stereocenters. The van der Waals surface area contributed by atoms with Crippen molar-refractivity contribution < 1.29 is 8.78 Å². The van der Waals surface area contributed by atoms with Gasteiger partial charge >= 0.3 is 0 Å². The molecular formula is C14H17F2N3. The van der Waals surface area contributed by atoms with Gasteiger partial charge in [-0.2, -0.15) is 0 Å². The van der Waals surface area contributed by atoms with E-state index in [2.05, 4.69) is 10.3 Å². The summed E-state index contributed by atoms with van der Waals surface area (Å²) in [6, 6.07) is 3.99. The molecule has 102 valence electrons. The van der Waals surface area contributed by atoms with Gasteiger partial charge in [0.25, 0.3) is 0 Å². The second-order valence-corrected chi connectivity index (χ2v) is 5.45. The van der Waals surface area contributed by atoms with Crippen LogP contribution in [0.25, 0.3) is 5.65 Å². The van der Waals surface area contributed by atoms with E-state index < -0.39 is 5.92 Å². The number of hydrogen-bond acceptors (Lipinski definition) is 2. The molecule has 2 aromatic rings. The zero-order chi connectivity index (χ0) is 13.5. The average Bonchev–Trinajstić information content (AvgIpc) is 2.66. The molecule has 1 N–H and O–H groups in total. The number of nitrogens with one attached hydrogen (secondary N) is 1. The van der Waals surface area contributed by atoms with E-state index in [9.17, 15) is 8.78 Å². The molecule has 0 saturated heterocycles. The molecule has 3 rings (SSSR count). The van der Waals surface area contributed by atoms with E-state index in [0.29, 0.717) is 13.1 Å². The number of hydrogen-bond donors (Lipinski definition) is 1. The summed E-state index contributed by atoms with van der Waals surface area (Å²) >= 11 is 0. The number of halogens is 2. The van der Waals surface area contributed by atoms with Crippen LogP contribution < -0.4 is 5.32 Å². The topological polar surface area (TPSA) is 29.3 Å². The van der Waals surface area contributed by atoms with E-state index in [1.165, 1.54) is 0 Å². The molecule has 19 heavy (non-hydrogen) atoms. The van der Waals surface area contributed by atoms with Gasteiger partial charge in [0.15, 0.2) is 0 Å². The third-order valence-electron chi connectivity index (χ3n) is 3.57. The van der Waals surface area contributed by atoms with Gasteiger partial charge < -0.3 is 9.72 Å². The second kappa shape index (κ2) is 4.56. The number of fused-ring (bicyclic) bond motifs is 1. The van der Waals surface area contributed by atoms with E-state index >= 15 is 0 Å². The summed E-state index contributed by atoms with van der Waals surface area (Å²) in [4.78, 5) is 4.36. The Morgan fingerprint density at radius 3 is 2.89 bits per heavy atom. The summed E-state index contributed by atoms with van der Waals surface area (Å²) < 4.78 is 27.3. The fourth-order valence-electron chi connectivity index (χ4n) is 2.62. The normalized spacial score (nSPS) is 18.7. The largest absolute Gasteiger partial charge is 0.312 e. The van der Waals surface area contributed by atoms with Crippen LogP contribution >= 0.6 is 0 Å². The van der Waals surface area contributed by atoms with Gasteiger partial charge in [0.2, 0.25) is 5.92 Å². The summed E-state index contributed by atoms with van der Waals surface area (Å²) in [5.41, 5.74) is 3.05. The van der Waals surface area contributed by atoms with Crippen molar-refractivity contribution in [2.75, 3.05) is 6.54 Å². The molecule has 1 saturated carbocycles. The summed E-state index contributed by atoms with van der Waals surface area (Å²) in [5.74, 6) is -2.30. The summed E-state index contributed by atoms with van der Waals surface area (Å²) in [5, 5.41) is 3.25. The predicted octanol–water partition coefficient (Wildman–Crippen LogP) is 2.78. The number of pyridine rings is 1. The van der Waals surface area contributed by atoms with E-state index in [0.717, 1.165) is 16.9 Å². The van der Waals surface area contributed by atoms with Crippen LogP contribution in [0.4, 0.5) is 8.78 Å². The first-order valence-corrected chi connectivity index (χ1v) is 6.55. The van der Waals surface area contributed by atoms with Gasteiger partial charge in [0.1, 0.15) is 5.65 Å². The number of aryl methyl sites for hydroxylation is 1. The van der Waals surface area contributed by atoms with Crippen molar-refractivity contribution in [3.63, 3.8) is 0 Å². The minimum Gasteiger partial charge on any atom is -0.312 e. The first-order valence-electron chi connectivity index (χ1n) is 6.55. The van der Waals surface area contributed by atoms with Crippen LogP contribution in [0.5, 0.6) is 0 Å². The Kier molecular flexibility index (Phi) is 3.01. The molecule has 0 amide bonds. The number of rotatable bonds is 4. The lowest BCUT2D eigenvalue weighted by Crippen LogP contribution is -2.40. The summed E-state index contributed by atoms with van der Waals surface area (Å²) in [6.45, 7) is 3.33. The lowest BCUT2D eigenvalue weighted by Gasteiger charge is -2.35. The van der Waals surface area contributed by atoms with Gasteiger partial charge in [-0.25, -0.2) is 13.8 Å². The Balaban J connectivity index is 1.54. The van der Waals surface area contributed by atoms with E-state index in [1.807, 2.05) is 35.9 Å². The van der Waals surface area contributed by atoms with Gasteiger partial charge in [-0.1, -0.05) is 6.07 Å². The molecule has 3 nitrogen and oxygen atoms in total. The molecule has 0 unspecified atom stereocenters. The molecule has 2 aromatic heterocycles.